The summed E-state index contributed by atoms with van der Waals surface area (Å²) in [6, 6.07) is 17.6. The lowest BCUT2D eigenvalue weighted by atomic mass is 9.86. The Morgan fingerprint density at radius 1 is 0.500 bits per heavy atom. The summed E-state index contributed by atoms with van der Waals surface area (Å²) in [5.41, 5.74) is 22.2. The summed E-state index contributed by atoms with van der Waals surface area (Å²) >= 11 is 0. The molecule has 0 aliphatic carbocycles. The van der Waals surface area contributed by atoms with E-state index in [0.717, 1.165) is 118 Å². The van der Waals surface area contributed by atoms with Gasteiger partial charge in [-0.25, -0.2) is 15.0 Å². The van der Waals surface area contributed by atoms with Crippen LogP contribution in [0.3, 0.4) is 0 Å². The van der Waals surface area contributed by atoms with Gasteiger partial charge in [-0.05, 0) is 115 Å². The summed E-state index contributed by atoms with van der Waals surface area (Å²) in [4.78, 5) is 31.9. The lowest BCUT2D eigenvalue weighted by molar-refractivity contribution is -0.107. The van der Waals surface area contributed by atoms with Gasteiger partial charge in [0.1, 0.15) is 11.4 Å². The first-order valence-corrected chi connectivity index (χ1v) is 20.6. The first-order chi connectivity index (χ1) is 26.2. The van der Waals surface area contributed by atoms with Crippen molar-refractivity contribution in [3.8, 4) is 0 Å². The molecule has 0 saturated carbocycles. The molecule has 0 amide bonds. The van der Waals surface area contributed by atoms with Crippen molar-refractivity contribution in [3.63, 3.8) is 0 Å². The second-order valence-corrected chi connectivity index (χ2v) is 15.0. The molecule has 0 spiro atoms. The van der Waals surface area contributed by atoms with Gasteiger partial charge in [-0.3, -0.25) is 4.79 Å². The van der Waals surface area contributed by atoms with E-state index in [-0.39, 0.29) is 11.7 Å². The van der Waals surface area contributed by atoms with E-state index in [0.29, 0.717) is 17.8 Å². The van der Waals surface area contributed by atoms with Crippen LogP contribution in [0.15, 0.2) is 131 Å². The molecule has 7 rings (SSSR count). The zero-order valence-corrected chi connectivity index (χ0v) is 34.1. The van der Waals surface area contributed by atoms with Crippen LogP contribution in [-0.4, -0.2) is 22.9 Å². The van der Waals surface area contributed by atoms with Crippen molar-refractivity contribution in [2.45, 2.75) is 121 Å². The second-order valence-electron chi connectivity index (χ2n) is 15.0. The standard InChI is InChI=1S/C49H56N4O/c1-11-31-35(15-5)45-46-36(16-6)32(12-2)42(51-46)40(30-25-21-28(10)22-26-30)44-34(14-4)38(18-8)48(53-44)49(54)47-37(17-7)33(13-3)43(52-47)39(41(31)50-45)29-23-19-27(9)20-24-29/h19-26,35,50H,11-18H2,1-10H3. The van der Waals surface area contributed by atoms with Crippen LogP contribution in [0.4, 0.5) is 0 Å². The normalized spacial score (nSPS) is 20.1. The predicted octanol–water partition coefficient (Wildman–Crippen LogP) is 12.2. The molecule has 2 aromatic rings. The zero-order chi connectivity index (χ0) is 38.4. The van der Waals surface area contributed by atoms with Crippen molar-refractivity contribution >= 4 is 34.1 Å². The molecule has 5 nitrogen and oxygen atoms in total. The average Bonchev–Trinajstić information content (AvgIpc) is 3.95. The molecule has 8 bridgehead atoms. The van der Waals surface area contributed by atoms with Crippen LogP contribution < -0.4 is 5.32 Å². The molecule has 5 heteroatoms. The molecular weight excluding hydrogens is 661 g/mol. The number of benzene rings is 2. The summed E-state index contributed by atoms with van der Waals surface area (Å²) in [6.07, 6.45) is 6.52. The number of aliphatic imine (C=N–C) groups is 3. The molecule has 0 fully saturated rings. The minimum Gasteiger partial charge on any atom is -0.356 e. The van der Waals surface area contributed by atoms with E-state index < -0.39 is 0 Å². The largest absolute Gasteiger partial charge is 0.356 e. The van der Waals surface area contributed by atoms with Gasteiger partial charge in [0.05, 0.1) is 22.8 Å². The van der Waals surface area contributed by atoms with Gasteiger partial charge in [0, 0.05) is 28.5 Å². The SMILES string of the molecule is CCC1=C(CC)C2=C(c3ccc(C)cc3)C3=NC(=C4NC(=C(CC)C4CC)C(c4ccc(C)cc4)=C4N=C(C(=O)C1=N2)C(CC)=C4CC)C(CC)=C3CC. The molecular formula is C49H56N4O. The molecule has 0 aromatic heterocycles. The number of hydrogen-bond acceptors (Lipinski definition) is 5. The van der Waals surface area contributed by atoms with Gasteiger partial charge in [-0.2, -0.15) is 0 Å². The molecule has 5 aliphatic rings. The molecule has 1 unspecified atom stereocenters. The van der Waals surface area contributed by atoms with Crippen LogP contribution in [0.2, 0.25) is 0 Å². The number of carbonyl (C=O) groups is 1. The number of nitrogens with zero attached hydrogens (tertiary/aromatic N) is 3. The van der Waals surface area contributed by atoms with E-state index in [1.165, 1.54) is 33.5 Å². The highest BCUT2D eigenvalue weighted by Crippen LogP contribution is 2.49. The smallest absolute Gasteiger partial charge is 0.230 e. The Labute approximate surface area is 323 Å². The molecule has 1 atom stereocenters. The summed E-state index contributed by atoms with van der Waals surface area (Å²) in [5.74, 6) is 0.100. The topological polar surface area (TPSA) is 66.2 Å². The quantitative estimate of drug-likeness (QED) is 0.266. The molecule has 1 N–H and O–H groups in total. The fourth-order valence-electron chi connectivity index (χ4n) is 9.41. The van der Waals surface area contributed by atoms with Crippen LogP contribution >= 0.6 is 0 Å². The third kappa shape index (κ3) is 5.82. The van der Waals surface area contributed by atoms with Crippen LogP contribution in [0.25, 0.3) is 11.1 Å². The number of rotatable bonds is 10. The Balaban J connectivity index is 1.69. The fourth-order valence-corrected chi connectivity index (χ4v) is 9.41. The minimum absolute atomic E-state index is 0.0733. The Hall–Kier alpha value is -4.90. The number of aryl methyl sites for hydroxylation is 2. The van der Waals surface area contributed by atoms with Gasteiger partial charge in [-0.1, -0.05) is 115 Å². The molecule has 0 saturated heterocycles. The number of nitrogens with one attached hydrogen (secondary N) is 1. The Morgan fingerprint density at radius 3 is 1.35 bits per heavy atom. The first-order valence-electron chi connectivity index (χ1n) is 20.6. The van der Waals surface area contributed by atoms with Gasteiger partial charge in [0.25, 0.3) is 0 Å². The first kappa shape index (κ1) is 37.4. The summed E-state index contributed by atoms with van der Waals surface area (Å²) < 4.78 is 0. The lowest BCUT2D eigenvalue weighted by Crippen LogP contribution is -2.25. The third-order valence-electron chi connectivity index (χ3n) is 12.1. The molecule has 278 valence electrons. The van der Waals surface area contributed by atoms with Crippen molar-refractivity contribution in [2.75, 3.05) is 0 Å². The van der Waals surface area contributed by atoms with E-state index in [2.05, 4.69) is 123 Å². The monoisotopic (exact) mass is 716 g/mol. The number of fused-ring (bicyclic) bond motifs is 5. The fraction of sp³-hybridized carbons (Fsp3) is 0.388. The summed E-state index contributed by atoms with van der Waals surface area (Å²) in [5, 5.41) is 4.10. The summed E-state index contributed by atoms with van der Waals surface area (Å²) in [7, 11) is 0. The lowest BCUT2D eigenvalue weighted by Gasteiger charge is -2.18. The number of ketones is 1. The second kappa shape index (κ2) is 15.1. The Bertz CT molecular complexity index is 2270. The van der Waals surface area contributed by atoms with Crippen molar-refractivity contribution in [3.05, 3.63) is 138 Å². The van der Waals surface area contributed by atoms with Gasteiger partial charge in [0.15, 0.2) is 0 Å². The van der Waals surface area contributed by atoms with E-state index in [4.69, 9.17) is 15.0 Å². The van der Waals surface area contributed by atoms with Crippen molar-refractivity contribution in [2.24, 2.45) is 20.9 Å². The maximum atomic E-state index is 15.2. The van der Waals surface area contributed by atoms with Crippen LogP contribution in [0.1, 0.15) is 129 Å². The summed E-state index contributed by atoms with van der Waals surface area (Å²) in [6.45, 7) is 22.1. The van der Waals surface area contributed by atoms with E-state index in [1.54, 1.807) is 0 Å². The van der Waals surface area contributed by atoms with Gasteiger partial charge in [-0.15, -0.1) is 0 Å². The Morgan fingerprint density at radius 2 is 0.907 bits per heavy atom. The van der Waals surface area contributed by atoms with Gasteiger partial charge in [0.2, 0.25) is 5.78 Å². The van der Waals surface area contributed by atoms with Gasteiger partial charge < -0.3 is 5.32 Å². The van der Waals surface area contributed by atoms with Gasteiger partial charge >= 0.3 is 0 Å². The average molecular weight is 717 g/mol. The van der Waals surface area contributed by atoms with Crippen molar-refractivity contribution in [1.82, 2.24) is 5.32 Å². The number of hydrogen-bond donors (Lipinski definition) is 1. The number of Topliss-reactive ketones (excluding diaryl/α,β-unsaturated/α-hetero) is 1. The molecule has 54 heavy (non-hydrogen) atoms. The highest BCUT2D eigenvalue weighted by molar-refractivity contribution is 6.73. The molecule has 2 aromatic carbocycles. The molecule has 5 aliphatic heterocycles. The van der Waals surface area contributed by atoms with Crippen molar-refractivity contribution < 1.29 is 4.79 Å². The number of allylic oxidation sites excluding steroid dienone is 9. The maximum Gasteiger partial charge on any atom is 0.230 e. The highest BCUT2D eigenvalue weighted by atomic mass is 16.1. The van der Waals surface area contributed by atoms with Crippen LogP contribution in [0, 0.1) is 19.8 Å². The van der Waals surface area contributed by atoms with E-state index in [9.17, 15) is 0 Å². The minimum atomic E-state index is -0.0733. The third-order valence-corrected chi connectivity index (χ3v) is 12.1. The van der Waals surface area contributed by atoms with Crippen LogP contribution in [0.5, 0.6) is 0 Å². The highest BCUT2D eigenvalue weighted by Gasteiger charge is 2.41. The number of carbonyl (C=O) groups excluding carboxylic acids is 1. The molecule has 5 heterocycles. The predicted molar refractivity (Wildman–Crippen MR) is 228 cm³/mol. The van der Waals surface area contributed by atoms with E-state index in [1.807, 2.05) is 0 Å². The maximum absolute atomic E-state index is 15.2. The Kier molecular flexibility index (Phi) is 10.5. The zero-order valence-electron chi connectivity index (χ0n) is 34.1. The molecule has 0 radical (unpaired) electrons. The van der Waals surface area contributed by atoms with Crippen molar-refractivity contribution in [1.29, 1.82) is 0 Å². The van der Waals surface area contributed by atoms with Crippen LogP contribution in [-0.2, 0) is 4.79 Å². The van der Waals surface area contributed by atoms with E-state index >= 15 is 4.79 Å².